The fraction of sp³-hybridized carbons (Fsp3) is 0.0435. The number of hydrogen-bond donors (Lipinski definition) is 1. The number of carbonyl (C=O) groups is 1. The zero-order valence-electron chi connectivity index (χ0n) is 15.3. The Bertz CT molecular complexity index is 1340. The van der Waals surface area contributed by atoms with Gasteiger partial charge in [-0.25, -0.2) is 4.98 Å². The lowest BCUT2D eigenvalue weighted by Crippen LogP contribution is -2.22. The van der Waals surface area contributed by atoms with Gasteiger partial charge in [0.2, 0.25) is 0 Å². The number of hydrogen-bond acceptors (Lipinski definition) is 3. The highest BCUT2D eigenvalue weighted by Gasteiger charge is 2.13. The molecule has 0 bridgehead atoms. The van der Waals surface area contributed by atoms with Crippen LogP contribution in [0.25, 0.3) is 26.4 Å². The van der Waals surface area contributed by atoms with E-state index >= 15 is 0 Å². The monoisotopic (exact) mass is 417 g/mol. The summed E-state index contributed by atoms with van der Waals surface area (Å²) >= 11 is 7.58. The Morgan fingerprint density at radius 1 is 1.03 bits per heavy atom. The molecule has 0 aliphatic rings. The molecule has 0 atom stereocenters. The molecule has 2 aromatic heterocycles. The van der Waals surface area contributed by atoms with Gasteiger partial charge < -0.3 is 5.32 Å². The molecule has 29 heavy (non-hydrogen) atoms. The molecule has 0 radical (unpaired) electrons. The molecule has 6 heteroatoms. The van der Waals surface area contributed by atoms with Crippen molar-refractivity contribution in [2.75, 3.05) is 0 Å². The van der Waals surface area contributed by atoms with Gasteiger partial charge in [-0.1, -0.05) is 65.4 Å². The van der Waals surface area contributed by atoms with E-state index in [4.69, 9.17) is 16.6 Å². The van der Waals surface area contributed by atoms with Crippen molar-refractivity contribution < 1.29 is 4.79 Å². The molecule has 0 saturated heterocycles. The van der Waals surface area contributed by atoms with Crippen LogP contribution in [0.1, 0.15) is 15.9 Å². The number of amides is 1. The third kappa shape index (κ3) is 3.50. The van der Waals surface area contributed by atoms with E-state index in [1.807, 2.05) is 66.9 Å². The van der Waals surface area contributed by atoms with E-state index in [-0.39, 0.29) is 5.91 Å². The minimum atomic E-state index is -0.108. The molecule has 0 fully saturated rings. The maximum absolute atomic E-state index is 12.6. The van der Waals surface area contributed by atoms with Crippen molar-refractivity contribution in [1.29, 1.82) is 0 Å². The molecule has 5 rings (SSSR count). The fourth-order valence-corrected chi connectivity index (χ4v) is 4.58. The maximum Gasteiger partial charge on any atom is 0.251 e. The topological polar surface area (TPSA) is 46.4 Å². The summed E-state index contributed by atoms with van der Waals surface area (Å²) in [6.45, 7) is 0.436. The van der Waals surface area contributed by atoms with Crippen LogP contribution in [0.15, 0.2) is 79.0 Å². The number of aromatic nitrogens is 2. The molecule has 1 N–H and O–H groups in total. The predicted octanol–water partition coefficient (Wildman–Crippen LogP) is 5.80. The molecule has 0 aliphatic carbocycles. The van der Waals surface area contributed by atoms with E-state index in [0.717, 1.165) is 32.0 Å². The lowest BCUT2D eigenvalue weighted by atomic mass is 10.2. The molecule has 2 heterocycles. The van der Waals surface area contributed by atoms with Gasteiger partial charge in [0.25, 0.3) is 5.91 Å². The highest BCUT2D eigenvalue weighted by Crippen LogP contribution is 2.30. The number of imidazole rings is 1. The zero-order valence-corrected chi connectivity index (χ0v) is 16.9. The molecule has 5 aromatic rings. The third-order valence-corrected chi connectivity index (χ3v) is 6.02. The van der Waals surface area contributed by atoms with Gasteiger partial charge in [0.05, 0.1) is 15.9 Å². The third-order valence-electron chi connectivity index (χ3n) is 4.77. The van der Waals surface area contributed by atoms with Crippen molar-refractivity contribution in [1.82, 2.24) is 14.7 Å². The number of carbonyl (C=O) groups excluding carboxylic acids is 1. The molecule has 1 amide bonds. The van der Waals surface area contributed by atoms with Crippen molar-refractivity contribution in [3.63, 3.8) is 0 Å². The molecular formula is C23H16ClN3OS. The number of fused-ring (bicyclic) bond motifs is 3. The fourth-order valence-electron chi connectivity index (χ4n) is 3.32. The Kier molecular flexibility index (Phi) is 4.54. The molecule has 4 nitrogen and oxygen atoms in total. The molecule has 0 spiro atoms. The average molecular weight is 418 g/mol. The van der Waals surface area contributed by atoms with Gasteiger partial charge in [-0.3, -0.25) is 9.20 Å². The summed E-state index contributed by atoms with van der Waals surface area (Å²) < 4.78 is 3.11. The molecule has 0 aliphatic heterocycles. The SMILES string of the molecule is O=C(NCc1cccc(Cl)c1)c1ccc2c(c1)sc1nc(-c3ccccc3)cn12. The minimum absolute atomic E-state index is 0.108. The predicted molar refractivity (Wildman–Crippen MR) is 119 cm³/mol. The lowest BCUT2D eigenvalue weighted by molar-refractivity contribution is 0.0951. The van der Waals surface area contributed by atoms with Crippen molar-refractivity contribution in [2.45, 2.75) is 6.54 Å². The van der Waals surface area contributed by atoms with Crippen molar-refractivity contribution in [2.24, 2.45) is 0 Å². The summed E-state index contributed by atoms with van der Waals surface area (Å²) in [5, 5.41) is 3.61. The molecular weight excluding hydrogens is 402 g/mol. The van der Waals surface area contributed by atoms with Crippen LogP contribution in [0.5, 0.6) is 0 Å². The van der Waals surface area contributed by atoms with Crippen LogP contribution in [0, 0.1) is 0 Å². The lowest BCUT2D eigenvalue weighted by Gasteiger charge is -2.06. The number of benzene rings is 3. The molecule has 0 unspecified atom stereocenters. The average Bonchev–Trinajstić information content (AvgIpc) is 3.30. The second kappa shape index (κ2) is 7.35. The first-order valence-corrected chi connectivity index (χ1v) is 10.4. The van der Waals surface area contributed by atoms with Crippen LogP contribution in [0.4, 0.5) is 0 Å². The smallest absolute Gasteiger partial charge is 0.251 e. The van der Waals surface area contributed by atoms with E-state index in [9.17, 15) is 4.79 Å². The highest BCUT2D eigenvalue weighted by atomic mass is 35.5. The minimum Gasteiger partial charge on any atom is -0.348 e. The van der Waals surface area contributed by atoms with Gasteiger partial charge in [-0.05, 0) is 35.9 Å². The summed E-state index contributed by atoms with van der Waals surface area (Å²) in [7, 11) is 0. The Morgan fingerprint density at radius 2 is 1.90 bits per heavy atom. The first-order valence-electron chi connectivity index (χ1n) is 9.17. The number of thiazole rings is 1. The van der Waals surface area contributed by atoms with E-state index in [1.165, 1.54) is 0 Å². The van der Waals surface area contributed by atoms with Crippen LogP contribution >= 0.6 is 22.9 Å². The number of halogens is 1. The van der Waals surface area contributed by atoms with Gasteiger partial charge in [0.1, 0.15) is 0 Å². The van der Waals surface area contributed by atoms with Crippen molar-refractivity contribution in [3.8, 4) is 11.3 Å². The maximum atomic E-state index is 12.6. The highest BCUT2D eigenvalue weighted by molar-refractivity contribution is 7.23. The Morgan fingerprint density at radius 3 is 2.72 bits per heavy atom. The Balaban J connectivity index is 1.40. The Labute approximate surface area is 176 Å². The van der Waals surface area contributed by atoms with Gasteiger partial charge >= 0.3 is 0 Å². The summed E-state index contributed by atoms with van der Waals surface area (Å²) in [6.07, 6.45) is 2.04. The summed E-state index contributed by atoms with van der Waals surface area (Å²) in [4.78, 5) is 18.2. The van der Waals surface area contributed by atoms with E-state index in [0.29, 0.717) is 17.1 Å². The van der Waals surface area contributed by atoms with Crippen molar-refractivity contribution >= 4 is 44.0 Å². The summed E-state index contributed by atoms with van der Waals surface area (Å²) in [5.74, 6) is -0.108. The van der Waals surface area contributed by atoms with E-state index in [1.54, 1.807) is 11.3 Å². The van der Waals surface area contributed by atoms with Crippen LogP contribution in [-0.2, 0) is 6.54 Å². The van der Waals surface area contributed by atoms with Gasteiger partial charge in [0, 0.05) is 28.9 Å². The zero-order chi connectivity index (χ0) is 19.8. The van der Waals surface area contributed by atoms with Gasteiger partial charge in [-0.15, -0.1) is 0 Å². The standard InChI is InChI=1S/C23H16ClN3OS/c24-18-8-4-5-15(11-18)13-25-22(28)17-9-10-20-21(12-17)29-23-26-19(14-27(20)23)16-6-2-1-3-7-16/h1-12,14H,13H2,(H,25,28). The van der Waals surface area contributed by atoms with Crippen LogP contribution in [0.3, 0.4) is 0 Å². The van der Waals surface area contributed by atoms with E-state index < -0.39 is 0 Å². The van der Waals surface area contributed by atoms with Gasteiger partial charge in [0.15, 0.2) is 4.96 Å². The van der Waals surface area contributed by atoms with Crippen LogP contribution in [-0.4, -0.2) is 15.3 Å². The molecule has 3 aromatic carbocycles. The first-order chi connectivity index (χ1) is 14.2. The van der Waals surface area contributed by atoms with Crippen LogP contribution < -0.4 is 5.32 Å². The van der Waals surface area contributed by atoms with E-state index in [2.05, 4.69) is 21.9 Å². The quantitative estimate of drug-likeness (QED) is 0.401. The Hall–Kier alpha value is -3.15. The first kappa shape index (κ1) is 17.9. The second-order valence-corrected chi connectivity index (χ2v) is 8.19. The number of nitrogens with zero attached hydrogens (tertiary/aromatic N) is 2. The summed E-state index contributed by atoms with van der Waals surface area (Å²) in [6, 6.07) is 23.3. The normalized spacial score (nSPS) is 11.2. The van der Waals surface area contributed by atoms with Crippen molar-refractivity contribution in [3.05, 3.63) is 95.1 Å². The van der Waals surface area contributed by atoms with Crippen LogP contribution in [0.2, 0.25) is 5.02 Å². The largest absolute Gasteiger partial charge is 0.348 e. The second-order valence-electron chi connectivity index (χ2n) is 6.74. The number of rotatable bonds is 4. The summed E-state index contributed by atoms with van der Waals surface area (Å²) in [5.41, 5.74) is 4.68. The number of nitrogens with one attached hydrogen (secondary N) is 1. The molecule has 142 valence electrons. The molecule has 0 saturated carbocycles. The van der Waals surface area contributed by atoms with Gasteiger partial charge in [-0.2, -0.15) is 0 Å².